The third kappa shape index (κ3) is 6.40. The minimum Gasteiger partial charge on any atom is -0.497 e. The summed E-state index contributed by atoms with van der Waals surface area (Å²) < 4.78 is 11.8. The standard InChI is InChI=1S/C35H40N2O5/c1-41-27-12-13-30(35(40)36-32-14-11-24-5-2-3-8-29(24)32)33(20-27)37-17-15-23(16-18-37)22-42-28-7-4-6-26(19-28)31(21-34(38)39)25-9-10-25/h2-8,12-13,19-20,23,25,31-32H,9-11,14-18,21-22H2,1H3,(H,36,40)(H,38,39). The lowest BCUT2D eigenvalue weighted by Gasteiger charge is -2.34. The molecule has 2 aliphatic carbocycles. The molecule has 1 saturated carbocycles. The van der Waals surface area contributed by atoms with Crippen LogP contribution in [0.25, 0.3) is 0 Å². The van der Waals surface area contributed by atoms with E-state index in [0.717, 1.165) is 74.4 Å². The van der Waals surface area contributed by atoms with Gasteiger partial charge in [0.2, 0.25) is 0 Å². The van der Waals surface area contributed by atoms with Crippen molar-refractivity contribution in [1.82, 2.24) is 5.32 Å². The average Bonchev–Trinajstić information content (AvgIpc) is 3.79. The third-order valence-corrected chi connectivity index (χ3v) is 9.20. The Bertz CT molecular complexity index is 1430. The van der Waals surface area contributed by atoms with E-state index in [1.807, 2.05) is 48.5 Å². The van der Waals surface area contributed by atoms with Gasteiger partial charge in [0.1, 0.15) is 11.5 Å². The molecule has 2 fully saturated rings. The van der Waals surface area contributed by atoms with Crippen LogP contribution in [0.2, 0.25) is 0 Å². The van der Waals surface area contributed by atoms with Crippen molar-refractivity contribution < 1.29 is 24.2 Å². The molecule has 0 spiro atoms. The number of carbonyl (C=O) groups excluding carboxylic acids is 1. The molecule has 7 heteroatoms. The second-order valence-corrected chi connectivity index (χ2v) is 12.0. The largest absolute Gasteiger partial charge is 0.497 e. The van der Waals surface area contributed by atoms with Crippen molar-refractivity contribution in [2.45, 2.75) is 56.9 Å². The van der Waals surface area contributed by atoms with Gasteiger partial charge >= 0.3 is 5.97 Å². The highest BCUT2D eigenvalue weighted by molar-refractivity contribution is 6.00. The lowest BCUT2D eigenvalue weighted by atomic mass is 9.91. The Morgan fingerprint density at radius 3 is 2.52 bits per heavy atom. The summed E-state index contributed by atoms with van der Waals surface area (Å²) in [5.41, 5.74) is 5.19. The van der Waals surface area contributed by atoms with Crippen LogP contribution in [0, 0.1) is 11.8 Å². The molecule has 2 unspecified atom stereocenters. The van der Waals surface area contributed by atoms with Gasteiger partial charge in [0.25, 0.3) is 5.91 Å². The summed E-state index contributed by atoms with van der Waals surface area (Å²) in [5, 5.41) is 12.7. The quantitative estimate of drug-likeness (QED) is 0.279. The summed E-state index contributed by atoms with van der Waals surface area (Å²) in [6.45, 7) is 2.28. The van der Waals surface area contributed by atoms with E-state index in [4.69, 9.17) is 9.47 Å². The van der Waals surface area contributed by atoms with Crippen molar-refractivity contribution in [3.63, 3.8) is 0 Å². The van der Waals surface area contributed by atoms with E-state index in [-0.39, 0.29) is 24.3 Å². The summed E-state index contributed by atoms with van der Waals surface area (Å²) in [6, 6.07) is 22.1. The van der Waals surface area contributed by atoms with E-state index in [9.17, 15) is 14.7 Å². The van der Waals surface area contributed by atoms with E-state index >= 15 is 0 Å². The summed E-state index contributed by atoms with van der Waals surface area (Å²) in [6.07, 6.45) is 6.20. The molecule has 220 valence electrons. The number of amides is 1. The number of carbonyl (C=O) groups is 2. The molecule has 1 heterocycles. The van der Waals surface area contributed by atoms with Gasteiger partial charge in [0, 0.05) is 19.2 Å². The van der Waals surface area contributed by atoms with Crippen LogP contribution in [0.3, 0.4) is 0 Å². The second-order valence-electron chi connectivity index (χ2n) is 12.0. The number of nitrogens with one attached hydrogen (secondary N) is 1. The Morgan fingerprint density at radius 2 is 1.76 bits per heavy atom. The van der Waals surface area contributed by atoms with E-state index in [0.29, 0.717) is 24.0 Å². The second kappa shape index (κ2) is 12.5. The fourth-order valence-electron chi connectivity index (χ4n) is 6.67. The molecule has 2 N–H and O–H groups in total. The third-order valence-electron chi connectivity index (χ3n) is 9.20. The molecule has 0 aromatic heterocycles. The van der Waals surface area contributed by atoms with Crippen LogP contribution in [0.1, 0.15) is 77.5 Å². The van der Waals surface area contributed by atoms with Gasteiger partial charge in [-0.2, -0.15) is 0 Å². The molecule has 0 radical (unpaired) electrons. The maximum Gasteiger partial charge on any atom is 0.303 e. The SMILES string of the molecule is COc1ccc(C(=O)NC2CCc3ccccc32)c(N2CCC(COc3cccc(C(CC(=O)O)C4CC4)c3)CC2)c1. The number of carboxylic acid groups (broad SMARTS) is 1. The number of hydrogen-bond acceptors (Lipinski definition) is 5. The number of anilines is 1. The van der Waals surface area contributed by atoms with Crippen LogP contribution in [-0.2, 0) is 11.2 Å². The van der Waals surface area contributed by atoms with Crippen molar-refractivity contribution in [1.29, 1.82) is 0 Å². The predicted molar refractivity (Wildman–Crippen MR) is 163 cm³/mol. The van der Waals surface area contributed by atoms with Crippen molar-refractivity contribution in [2.75, 3.05) is 31.7 Å². The molecule has 1 amide bonds. The fraction of sp³-hybridized carbons (Fsp3) is 0.429. The minimum absolute atomic E-state index is 0.0359. The number of rotatable bonds is 11. The van der Waals surface area contributed by atoms with Crippen LogP contribution >= 0.6 is 0 Å². The zero-order valence-electron chi connectivity index (χ0n) is 24.3. The fourth-order valence-corrected chi connectivity index (χ4v) is 6.67. The molecule has 6 rings (SSSR count). The maximum atomic E-state index is 13.5. The average molecular weight is 569 g/mol. The zero-order valence-corrected chi connectivity index (χ0v) is 24.3. The smallest absolute Gasteiger partial charge is 0.303 e. The van der Waals surface area contributed by atoms with E-state index < -0.39 is 5.97 Å². The molecule has 1 aliphatic heterocycles. The molecular weight excluding hydrogens is 528 g/mol. The van der Waals surface area contributed by atoms with Crippen LogP contribution in [0.4, 0.5) is 5.69 Å². The van der Waals surface area contributed by atoms with Gasteiger partial charge in [-0.1, -0.05) is 36.4 Å². The maximum absolute atomic E-state index is 13.5. The summed E-state index contributed by atoms with van der Waals surface area (Å²) >= 11 is 0. The number of methoxy groups -OCH3 is 1. The lowest BCUT2D eigenvalue weighted by Crippen LogP contribution is -2.37. The highest BCUT2D eigenvalue weighted by atomic mass is 16.5. The first-order valence-corrected chi connectivity index (χ1v) is 15.2. The molecule has 7 nitrogen and oxygen atoms in total. The molecule has 3 aliphatic rings. The lowest BCUT2D eigenvalue weighted by molar-refractivity contribution is -0.137. The minimum atomic E-state index is -0.745. The van der Waals surface area contributed by atoms with Crippen molar-refractivity contribution in [2.24, 2.45) is 11.8 Å². The number of fused-ring (bicyclic) bond motifs is 1. The Labute approximate surface area is 247 Å². The van der Waals surface area contributed by atoms with E-state index in [1.165, 1.54) is 11.1 Å². The van der Waals surface area contributed by atoms with Gasteiger partial charge in [-0.15, -0.1) is 0 Å². The first-order chi connectivity index (χ1) is 20.5. The van der Waals surface area contributed by atoms with Gasteiger partial charge in [-0.3, -0.25) is 9.59 Å². The highest BCUT2D eigenvalue weighted by Gasteiger charge is 2.34. The molecule has 42 heavy (non-hydrogen) atoms. The predicted octanol–water partition coefficient (Wildman–Crippen LogP) is 6.38. The topological polar surface area (TPSA) is 88.1 Å². The molecule has 2 atom stereocenters. The normalized spacial score (nSPS) is 19.2. The Morgan fingerprint density at radius 1 is 0.952 bits per heavy atom. The number of nitrogens with zero attached hydrogens (tertiary/aromatic N) is 1. The number of aliphatic carboxylic acids is 1. The number of ether oxygens (including phenoxy) is 2. The number of piperidine rings is 1. The number of benzene rings is 3. The molecular formula is C35H40N2O5. The molecule has 1 saturated heterocycles. The van der Waals surface area contributed by atoms with Gasteiger partial charge < -0.3 is 24.8 Å². The number of aryl methyl sites for hydroxylation is 1. The first kappa shape index (κ1) is 28.1. The van der Waals surface area contributed by atoms with Crippen LogP contribution in [0.15, 0.2) is 66.7 Å². The molecule has 0 bridgehead atoms. The Balaban J connectivity index is 1.08. The number of hydrogen-bond donors (Lipinski definition) is 2. The zero-order chi connectivity index (χ0) is 29.1. The van der Waals surface area contributed by atoms with Gasteiger partial charge in [0.15, 0.2) is 0 Å². The Kier molecular flexibility index (Phi) is 8.36. The van der Waals surface area contributed by atoms with E-state index in [1.54, 1.807) is 7.11 Å². The monoisotopic (exact) mass is 568 g/mol. The van der Waals surface area contributed by atoms with Crippen LogP contribution < -0.4 is 19.7 Å². The van der Waals surface area contributed by atoms with Crippen molar-refractivity contribution in [3.8, 4) is 11.5 Å². The summed E-state index contributed by atoms with van der Waals surface area (Å²) in [4.78, 5) is 27.3. The number of carboxylic acids is 1. The summed E-state index contributed by atoms with van der Waals surface area (Å²) in [7, 11) is 1.65. The highest BCUT2D eigenvalue weighted by Crippen LogP contribution is 2.45. The van der Waals surface area contributed by atoms with Crippen LogP contribution in [0.5, 0.6) is 11.5 Å². The molecule has 3 aromatic rings. The summed E-state index contributed by atoms with van der Waals surface area (Å²) in [5.74, 6) is 1.69. The van der Waals surface area contributed by atoms with Gasteiger partial charge in [0.05, 0.1) is 37.4 Å². The van der Waals surface area contributed by atoms with Gasteiger partial charge in [-0.05, 0) is 97.2 Å². The van der Waals surface area contributed by atoms with E-state index in [2.05, 4.69) is 28.4 Å². The van der Waals surface area contributed by atoms with Crippen molar-refractivity contribution in [3.05, 3.63) is 89.0 Å². The van der Waals surface area contributed by atoms with Crippen LogP contribution in [-0.4, -0.2) is 43.8 Å². The Hall–Kier alpha value is -4.00. The molecule has 3 aromatic carbocycles. The van der Waals surface area contributed by atoms with Gasteiger partial charge in [-0.25, -0.2) is 0 Å². The first-order valence-electron chi connectivity index (χ1n) is 15.2. The van der Waals surface area contributed by atoms with Crippen molar-refractivity contribution >= 4 is 17.6 Å².